The van der Waals surface area contributed by atoms with Crippen LogP contribution in [0.5, 0.6) is 0 Å². The van der Waals surface area contributed by atoms with Gasteiger partial charge in [0.1, 0.15) is 0 Å². The third kappa shape index (κ3) is 0.789. The van der Waals surface area contributed by atoms with E-state index in [1.165, 1.54) is 0 Å². The fourth-order valence-corrected chi connectivity index (χ4v) is 1.33. The van der Waals surface area contributed by atoms with E-state index < -0.39 is 0 Å². The van der Waals surface area contributed by atoms with E-state index in [1.807, 2.05) is 6.92 Å². The Morgan fingerprint density at radius 1 is 1.10 bits per heavy atom. The first-order valence-electron chi connectivity index (χ1n) is 3.88. The molecule has 0 aromatic carbocycles. The summed E-state index contributed by atoms with van der Waals surface area (Å²) in [6.07, 6.45) is 0. The Morgan fingerprint density at radius 2 is 1.50 bits per heavy atom. The molecule has 1 saturated heterocycles. The summed E-state index contributed by atoms with van der Waals surface area (Å²) in [5.41, 5.74) is 0.450. The van der Waals surface area contributed by atoms with Crippen molar-refractivity contribution >= 4 is 0 Å². The van der Waals surface area contributed by atoms with Crippen LogP contribution < -0.4 is 0 Å². The van der Waals surface area contributed by atoms with E-state index in [9.17, 15) is 0 Å². The molecule has 0 amide bonds. The molecular weight excluding hydrogens is 126 g/mol. The van der Waals surface area contributed by atoms with Gasteiger partial charge in [0.2, 0.25) is 0 Å². The summed E-state index contributed by atoms with van der Waals surface area (Å²) < 4.78 is 0. The topological polar surface area (TPSA) is 12.2 Å². The summed E-state index contributed by atoms with van der Waals surface area (Å²) in [6, 6.07) is 0. The molecule has 0 aromatic rings. The fourth-order valence-electron chi connectivity index (χ4n) is 1.33. The average Bonchev–Trinajstić information content (AvgIpc) is 2.13. The number of hydrogen-bond donors (Lipinski definition) is 0. The van der Waals surface area contributed by atoms with Gasteiger partial charge in [0.15, 0.2) is 0 Å². The molecule has 0 bridgehead atoms. The van der Waals surface area contributed by atoms with Crippen molar-refractivity contribution in [3.63, 3.8) is 0 Å². The van der Waals surface area contributed by atoms with E-state index >= 15 is 0 Å². The van der Waals surface area contributed by atoms with Crippen LogP contribution in [-0.4, -0.2) is 22.7 Å². The molecule has 1 rings (SSSR count). The van der Waals surface area contributed by atoms with Gasteiger partial charge in [0, 0.05) is 0 Å². The van der Waals surface area contributed by atoms with E-state index in [4.69, 9.17) is 4.84 Å². The largest absolute Gasteiger partial charge is 0.298 e. The quantitative estimate of drug-likeness (QED) is 0.546. The van der Waals surface area contributed by atoms with E-state index in [2.05, 4.69) is 32.8 Å². The van der Waals surface area contributed by atoms with Crippen LogP contribution in [0, 0.1) is 0 Å². The molecule has 2 nitrogen and oxygen atoms in total. The Morgan fingerprint density at radius 3 is 1.60 bits per heavy atom. The Kier molecular flexibility index (Phi) is 1.57. The molecule has 0 aliphatic carbocycles. The lowest BCUT2D eigenvalue weighted by molar-refractivity contribution is -0.0981. The third-order valence-corrected chi connectivity index (χ3v) is 2.72. The highest BCUT2D eigenvalue weighted by molar-refractivity contribution is 5.15. The predicted molar refractivity (Wildman–Crippen MR) is 41.6 cm³/mol. The smallest absolute Gasteiger partial charge is 0.0657 e. The monoisotopic (exact) mass is 143 g/mol. The Labute approximate surface area is 63.1 Å². The minimum absolute atomic E-state index is 0.225. The molecule has 10 heavy (non-hydrogen) atoms. The number of hydrogen-bond acceptors (Lipinski definition) is 2. The van der Waals surface area contributed by atoms with E-state index in [0.29, 0.717) is 0 Å². The molecule has 1 heterocycles. The minimum Gasteiger partial charge on any atom is -0.298 e. The van der Waals surface area contributed by atoms with Crippen molar-refractivity contribution in [1.29, 1.82) is 0 Å². The van der Waals surface area contributed by atoms with Gasteiger partial charge in [0.05, 0.1) is 17.7 Å². The Balaban J connectivity index is 2.54. The lowest BCUT2D eigenvalue weighted by Crippen LogP contribution is -2.10. The van der Waals surface area contributed by atoms with Gasteiger partial charge >= 0.3 is 0 Å². The van der Waals surface area contributed by atoms with Crippen LogP contribution in [-0.2, 0) is 4.84 Å². The van der Waals surface area contributed by atoms with E-state index in [-0.39, 0.29) is 11.1 Å². The van der Waals surface area contributed by atoms with Gasteiger partial charge in [-0.3, -0.25) is 4.84 Å². The van der Waals surface area contributed by atoms with Crippen LogP contribution in [0.4, 0.5) is 0 Å². The molecule has 0 aromatic heterocycles. The molecular formula is C8H17NO. The van der Waals surface area contributed by atoms with Gasteiger partial charge in [-0.05, 0) is 34.6 Å². The molecule has 0 radical (unpaired) electrons. The van der Waals surface area contributed by atoms with Gasteiger partial charge in [0.25, 0.3) is 0 Å². The molecule has 1 fully saturated rings. The number of hydroxylamine groups is 2. The zero-order valence-corrected chi connectivity index (χ0v) is 7.56. The van der Waals surface area contributed by atoms with Crippen molar-refractivity contribution in [3.05, 3.63) is 0 Å². The zero-order valence-electron chi connectivity index (χ0n) is 7.56. The van der Waals surface area contributed by atoms with Crippen molar-refractivity contribution in [1.82, 2.24) is 5.06 Å². The van der Waals surface area contributed by atoms with Crippen molar-refractivity contribution in [2.24, 2.45) is 0 Å². The fraction of sp³-hybridized carbons (Fsp3) is 1.00. The molecule has 0 N–H and O–H groups in total. The Hall–Kier alpha value is -0.0800. The highest BCUT2D eigenvalue weighted by Gasteiger charge is 2.64. The van der Waals surface area contributed by atoms with Gasteiger partial charge in [-0.1, -0.05) is 0 Å². The van der Waals surface area contributed by atoms with Gasteiger partial charge < -0.3 is 0 Å². The highest BCUT2D eigenvalue weighted by Crippen LogP contribution is 2.50. The third-order valence-electron chi connectivity index (χ3n) is 2.72. The lowest BCUT2D eigenvalue weighted by Gasteiger charge is -2.03. The van der Waals surface area contributed by atoms with Crippen molar-refractivity contribution in [3.8, 4) is 0 Å². The normalized spacial score (nSPS) is 28.5. The van der Waals surface area contributed by atoms with Crippen LogP contribution in [0.25, 0.3) is 0 Å². The van der Waals surface area contributed by atoms with Gasteiger partial charge in [-0.25, -0.2) is 0 Å². The summed E-state index contributed by atoms with van der Waals surface area (Å²) in [4.78, 5) is 5.42. The average molecular weight is 143 g/mol. The molecule has 0 spiro atoms. The first-order valence-corrected chi connectivity index (χ1v) is 3.88. The predicted octanol–water partition coefficient (Wildman–Crippen LogP) is 1.81. The molecule has 0 unspecified atom stereocenters. The first-order chi connectivity index (χ1) is 4.44. The standard InChI is InChI=1S/C8H17NO/c1-6-10-9-7(2,3)8(9,4)5/h6H2,1-5H3. The summed E-state index contributed by atoms with van der Waals surface area (Å²) in [5, 5.41) is 2.06. The molecule has 60 valence electrons. The van der Waals surface area contributed by atoms with E-state index in [0.717, 1.165) is 6.61 Å². The minimum atomic E-state index is 0.225. The second-order valence-electron chi connectivity index (χ2n) is 3.83. The van der Waals surface area contributed by atoms with Gasteiger partial charge in [-0.15, -0.1) is 0 Å². The van der Waals surface area contributed by atoms with E-state index in [1.54, 1.807) is 0 Å². The van der Waals surface area contributed by atoms with Crippen LogP contribution >= 0.6 is 0 Å². The first kappa shape index (κ1) is 8.02. The van der Waals surface area contributed by atoms with Crippen LogP contribution in [0.1, 0.15) is 34.6 Å². The maximum absolute atomic E-state index is 5.42. The van der Waals surface area contributed by atoms with Crippen molar-refractivity contribution in [2.75, 3.05) is 6.61 Å². The molecule has 0 saturated carbocycles. The van der Waals surface area contributed by atoms with Crippen LogP contribution in [0.3, 0.4) is 0 Å². The second-order valence-corrected chi connectivity index (χ2v) is 3.83. The van der Waals surface area contributed by atoms with Crippen LogP contribution in [0.2, 0.25) is 0 Å². The zero-order chi connectivity index (χ0) is 7.99. The molecule has 0 atom stereocenters. The number of rotatable bonds is 2. The molecule has 1 aliphatic rings. The highest BCUT2D eigenvalue weighted by atomic mass is 16.7. The molecule has 1 aliphatic heterocycles. The summed E-state index contributed by atoms with van der Waals surface area (Å²) in [5.74, 6) is 0. The summed E-state index contributed by atoms with van der Waals surface area (Å²) in [7, 11) is 0. The van der Waals surface area contributed by atoms with Crippen LogP contribution in [0.15, 0.2) is 0 Å². The van der Waals surface area contributed by atoms with Crippen molar-refractivity contribution < 1.29 is 4.84 Å². The Bertz CT molecular complexity index is 126. The lowest BCUT2D eigenvalue weighted by atomic mass is 10.0. The summed E-state index contributed by atoms with van der Waals surface area (Å²) in [6.45, 7) is 11.6. The van der Waals surface area contributed by atoms with Crippen molar-refractivity contribution in [2.45, 2.75) is 45.7 Å². The maximum atomic E-state index is 5.42. The molecule has 2 heteroatoms. The summed E-state index contributed by atoms with van der Waals surface area (Å²) >= 11 is 0. The van der Waals surface area contributed by atoms with Gasteiger partial charge in [-0.2, -0.15) is 5.06 Å². The SMILES string of the molecule is CCON1C(C)(C)C1(C)C. The number of nitrogens with zero attached hydrogens (tertiary/aromatic N) is 1. The second kappa shape index (κ2) is 1.95. The maximum Gasteiger partial charge on any atom is 0.0657 e.